The third-order valence-corrected chi connectivity index (χ3v) is 7.12. The highest BCUT2D eigenvalue weighted by molar-refractivity contribution is 7.22. The molecule has 0 fully saturated rings. The van der Waals surface area contributed by atoms with E-state index in [1.165, 1.54) is 23.7 Å². The second-order valence-electron chi connectivity index (χ2n) is 8.45. The maximum atomic E-state index is 12.1. The van der Waals surface area contributed by atoms with Gasteiger partial charge in [0.15, 0.2) is 17.6 Å². The standard InChI is InChI=1S/C26H20ClN5O5S/c1-13-28-8-16(9-29-13)31-26(33)36-12-18-11-35-23-21(37-18)4-3-20-24(23)38-25(32-20)19-7-15(27)5-14-6-17(34-2)10-30-22(14)19/h3-10,18H,11-12H2,1-2H3,(H,31,33)/t18-/m1/s1. The SMILES string of the molecule is COc1cnc2c(-c3nc4ccc5c(c4s3)OC[C@H](COC(=O)Nc3cnc(C)nc3)O5)cc(Cl)cc2c1. The van der Waals surface area contributed by atoms with Gasteiger partial charge in [-0.15, -0.1) is 11.3 Å². The summed E-state index contributed by atoms with van der Waals surface area (Å²) in [4.78, 5) is 29.6. The van der Waals surface area contributed by atoms with Gasteiger partial charge in [-0.2, -0.15) is 0 Å². The number of nitrogens with one attached hydrogen (secondary N) is 1. The van der Waals surface area contributed by atoms with Crippen molar-refractivity contribution in [2.75, 3.05) is 25.6 Å². The second-order valence-corrected chi connectivity index (χ2v) is 9.89. The number of thiazole rings is 1. The second kappa shape index (κ2) is 9.92. The monoisotopic (exact) mass is 549 g/mol. The lowest BCUT2D eigenvalue weighted by atomic mass is 10.1. The van der Waals surface area contributed by atoms with Crippen LogP contribution in [0.3, 0.4) is 0 Å². The van der Waals surface area contributed by atoms with Gasteiger partial charge in [0.25, 0.3) is 0 Å². The number of anilines is 1. The van der Waals surface area contributed by atoms with Crippen molar-refractivity contribution >= 4 is 55.8 Å². The minimum atomic E-state index is -0.630. The highest BCUT2D eigenvalue weighted by atomic mass is 35.5. The van der Waals surface area contributed by atoms with Gasteiger partial charge in [0, 0.05) is 16.0 Å². The summed E-state index contributed by atoms with van der Waals surface area (Å²) in [5.74, 6) is 2.41. The van der Waals surface area contributed by atoms with Crippen molar-refractivity contribution in [2.45, 2.75) is 13.0 Å². The average Bonchev–Trinajstić information content (AvgIpc) is 3.37. The Morgan fingerprint density at radius 1 is 1.18 bits per heavy atom. The van der Waals surface area contributed by atoms with Crippen LogP contribution in [0.15, 0.2) is 48.9 Å². The molecule has 10 nitrogen and oxygen atoms in total. The molecule has 0 saturated carbocycles. The Kier molecular flexibility index (Phi) is 6.30. The smallest absolute Gasteiger partial charge is 0.411 e. The minimum absolute atomic E-state index is 0.00754. The van der Waals surface area contributed by atoms with Gasteiger partial charge in [-0.1, -0.05) is 11.6 Å². The van der Waals surface area contributed by atoms with E-state index in [9.17, 15) is 4.79 Å². The van der Waals surface area contributed by atoms with Gasteiger partial charge < -0.3 is 18.9 Å². The van der Waals surface area contributed by atoms with Crippen molar-refractivity contribution in [3.63, 3.8) is 0 Å². The summed E-state index contributed by atoms with van der Waals surface area (Å²) in [6, 6.07) is 9.26. The molecule has 0 bridgehead atoms. The lowest BCUT2D eigenvalue weighted by Crippen LogP contribution is -2.35. The fourth-order valence-corrected chi connectivity index (χ4v) is 5.31. The summed E-state index contributed by atoms with van der Waals surface area (Å²) in [5.41, 5.74) is 2.80. The Labute approximate surface area is 225 Å². The van der Waals surface area contributed by atoms with Crippen LogP contribution >= 0.6 is 22.9 Å². The molecule has 3 aromatic heterocycles. The van der Waals surface area contributed by atoms with Gasteiger partial charge in [-0.25, -0.2) is 19.7 Å². The molecule has 1 N–H and O–H groups in total. The molecule has 0 spiro atoms. The van der Waals surface area contributed by atoms with Crippen molar-refractivity contribution in [2.24, 2.45) is 0 Å². The molecule has 38 heavy (non-hydrogen) atoms. The Morgan fingerprint density at radius 3 is 2.84 bits per heavy atom. The Balaban J connectivity index is 1.21. The zero-order chi connectivity index (χ0) is 26.2. The van der Waals surface area contributed by atoms with E-state index in [0.717, 1.165) is 31.7 Å². The van der Waals surface area contributed by atoms with E-state index >= 15 is 0 Å². The van der Waals surface area contributed by atoms with E-state index in [4.69, 9.17) is 35.5 Å². The van der Waals surface area contributed by atoms with E-state index in [1.807, 2.05) is 24.3 Å². The fourth-order valence-electron chi connectivity index (χ4n) is 4.01. The summed E-state index contributed by atoms with van der Waals surface area (Å²) in [7, 11) is 1.60. The normalized spacial score (nSPS) is 14.4. The number of fused-ring (bicyclic) bond motifs is 4. The molecule has 1 aliphatic heterocycles. The largest absolute Gasteiger partial charge is 0.495 e. The van der Waals surface area contributed by atoms with Crippen LogP contribution in [-0.2, 0) is 4.74 Å². The zero-order valence-electron chi connectivity index (χ0n) is 20.2. The molecule has 6 rings (SSSR count). The number of hydrogen-bond donors (Lipinski definition) is 1. The minimum Gasteiger partial charge on any atom is -0.495 e. The molecule has 192 valence electrons. The van der Waals surface area contributed by atoms with Gasteiger partial charge in [-0.05, 0) is 37.3 Å². The van der Waals surface area contributed by atoms with Crippen molar-refractivity contribution in [3.05, 3.63) is 59.8 Å². The molecule has 1 amide bonds. The van der Waals surface area contributed by atoms with Crippen LogP contribution in [-0.4, -0.2) is 52.5 Å². The van der Waals surface area contributed by atoms with Crippen molar-refractivity contribution in [1.82, 2.24) is 19.9 Å². The lowest BCUT2D eigenvalue weighted by molar-refractivity contribution is 0.0383. The lowest BCUT2D eigenvalue weighted by Gasteiger charge is -2.26. The number of nitrogens with zero attached hydrogens (tertiary/aromatic N) is 4. The van der Waals surface area contributed by atoms with Gasteiger partial charge in [0.2, 0.25) is 0 Å². The number of aryl methyl sites for hydroxylation is 1. The number of aromatic nitrogens is 4. The van der Waals surface area contributed by atoms with Crippen LogP contribution in [0.2, 0.25) is 5.02 Å². The molecule has 1 aliphatic rings. The zero-order valence-corrected chi connectivity index (χ0v) is 21.8. The van der Waals surface area contributed by atoms with E-state index in [-0.39, 0.29) is 13.2 Å². The highest BCUT2D eigenvalue weighted by Gasteiger charge is 2.26. The molecular formula is C26H20ClN5O5S. The first-order valence-corrected chi connectivity index (χ1v) is 12.8. The van der Waals surface area contributed by atoms with Gasteiger partial charge in [0.1, 0.15) is 34.5 Å². The first-order chi connectivity index (χ1) is 18.5. The summed E-state index contributed by atoms with van der Waals surface area (Å²) < 4.78 is 23.6. The number of rotatable bonds is 5. The summed E-state index contributed by atoms with van der Waals surface area (Å²) in [5, 5.41) is 4.77. The van der Waals surface area contributed by atoms with Crippen LogP contribution in [0.25, 0.3) is 31.7 Å². The number of amides is 1. The molecule has 0 aliphatic carbocycles. The predicted octanol–water partition coefficient (Wildman–Crippen LogP) is 5.66. The number of methoxy groups -OCH3 is 1. The Bertz CT molecular complexity index is 1680. The van der Waals surface area contributed by atoms with E-state index in [1.54, 1.807) is 26.3 Å². The first kappa shape index (κ1) is 24.1. The maximum Gasteiger partial charge on any atom is 0.411 e. The number of benzene rings is 2. The first-order valence-electron chi connectivity index (χ1n) is 11.6. The number of carbonyl (C=O) groups is 1. The molecule has 1 atom stereocenters. The van der Waals surface area contributed by atoms with Crippen molar-refractivity contribution in [1.29, 1.82) is 0 Å². The number of ether oxygens (including phenoxy) is 4. The Morgan fingerprint density at radius 2 is 2.03 bits per heavy atom. The predicted molar refractivity (Wildman–Crippen MR) is 144 cm³/mol. The molecule has 0 radical (unpaired) electrons. The quantitative estimate of drug-likeness (QED) is 0.296. The van der Waals surface area contributed by atoms with E-state index in [2.05, 4.69) is 20.3 Å². The number of hydrogen-bond acceptors (Lipinski definition) is 10. The topological polar surface area (TPSA) is 118 Å². The van der Waals surface area contributed by atoms with Gasteiger partial charge in [-0.3, -0.25) is 10.3 Å². The summed E-state index contributed by atoms with van der Waals surface area (Å²) >= 11 is 7.89. The van der Waals surface area contributed by atoms with Gasteiger partial charge >= 0.3 is 6.09 Å². The molecule has 2 aromatic carbocycles. The molecule has 0 saturated heterocycles. The number of carbonyl (C=O) groups excluding carboxylic acids is 1. The van der Waals surface area contributed by atoms with Crippen LogP contribution in [0.5, 0.6) is 17.2 Å². The number of halogens is 1. The van der Waals surface area contributed by atoms with E-state index < -0.39 is 12.2 Å². The van der Waals surface area contributed by atoms with Crippen molar-refractivity contribution < 1.29 is 23.7 Å². The average molecular weight is 550 g/mol. The third-order valence-electron chi connectivity index (χ3n) is 5.80. The molecule has 4 heterocycles. The van der Waals surface area contributed by atoms with Crippen LogP contribution < -0.4 is 19.5 Å². The highest BCUT2D eigenvalue weighted by Crippen LogP contribution is 2.45. The molecule has 12 heteroatoms. The van der Waals surface area contributed by atoms with Crippen molar-refractivity contribution in [3.8, 4) is 27.8 Å². The van der Waals surface area contributed by atoms with Crippen LogP contribution in [0.4, 0.5) is 10.5 Å². The number of pyridine rings is 1. The summed E-state index contributed by atoms with van der Waals surface area (Å²) in [6.45, 7) is 1.98. The summed E-state index contributed by atoms with van der Waals surface area (Å²) in [6.07, 6.45) is 3.59. The Hall–Kier alpha value is -4.22. The molecular weight excluding hydrogens is 530 g/mol. The third kappa shape index (κ3) is 4.73. The van der Waals surface area contributed by atoms with E-state index in [0.29, 0.717) is 33.8 Å². The maximum absolute atomic E-state index is 12.1. The van der Waals surface area contributed by atoms with Crippen LogP contribution in [0, 0.1) is 6.92 Å². The molecule has 5 aromatic rings. The van der Waals surface area contributed by atoms with Crippen LogP contribution in [0.1, 0.15) is 5.82 Å². The fraction of sp³-hybridized carbons (Fsp3) is 0.192. The van der Waals surface area contributed by atoms with Gasteiger partial charge in [0.05, 0.1) is 42.4 Å². The molecule has 0 unspecified atom stereocenters.